The molecule has 0 bridgehead atoms. The van der Waals surface area contributed by atoms with Crippen LogP contribution in [-0.2, 0) is 0 Å². The molecule has 0 radical (unpaired) electrons. The van der Waals surface area contributed by atoms with Crippen LogP contribution in [0.3, 0.4) is 0 Å². The Morgan fingerprint density at radius 1 is 0.778 bits per heavy atom. The van der Waals surface area contributed by atoms with Gasteiger partial charge in [0.2, 0.25) is 0 Å². The summed E-state index contributed by atoms with van der Waals surface area (Å²) in [5, 5.41) is 0. The van der Waals surface area contributed by atoms with Crippen LogP contribution in [0.15, 0.2) is 0 Å². The van der Waals surface area contributed by atoms with E-state index in [1.54, 1.807) is 0 Å². The molecule has 1 aliphatic rings. The predicted octanol–water partition coefficient (Wildman–Crippen LogP) is 6.59. The van der Waals surface area contributed by atoms with E-state index in [1.807, 2.05) is 0 Å². The third-order valence-electron chi connectivity index (χ3n) is 4.58. The smallest absolute Gasteiger partial charge is 0.0380 e. The van der Waals surface area contributed by atoms with Crippen LogP contribution < -0.4 is 0 Å². The van der Waals surface area contributed by atoms with E-state index in [9.17, 15) is 0 Å². The lowest BCUT2D eigenvalue weighted by atomic mass is 9.73. The maximum absolute atomic E-state index is 2.40. The van der Waals surface area contributed by atoms with Crippen LogP contribution in [-0.4, -0.2) is 0 Å². The Hall–Kier alpha value is 0. The molecular weight excluding hydrogens is 216 g/mol. The molecule has 0 heteroatoms. The lowest BCUT2D eigenvalue weighted by Gasteiger charge is -2.32. The molecule has 0 amide bonds. The molecule has 0 nitrogen and oxygen atoms in total. The topological polar surface area (TPSA) is 0 Å². The van der Waals surface area contributed by atoms with Crippen molar-refractivity contribution < 1.29 is 0 Å². The van der Waals surface area contributed by atoms with E-state index in [4.69, 9.17) is 0 Å². The van der Waals surface area contributed by atoms with E-state index >= 15 is 0 Å². The van der Waals surface area contributed by atoms with Gasteiger partial charge in [0.05, 0.1) is 0 Å². The SMILES string of the molecule is CCCCCCCC1CCC(CC(C)(C)C)CC1. The van der Waals surface area contributed by atoms with Crippen molar-refractivity contribution in [2.24, 2.45) is 17.3 Å². The molecule has 1 fully saturated rings. The highest BCUT2D eigenvalue weighted by Gasteiger charge is 2.24. The van der Waals surface area contributed by atoms with Gasteiger partial charge < -0.3 is 0 Å². The predicted molar refractivity (Wildman–Crippen MR) is 82.9 cm³/mol. The van der Waals surface area contributed by atoms with Gasteiger partial charge in [0.15, 0.2) is 0 Å². The summed E-state index contributed by atoms with van der Waals surface area (Å²) in [5.41, 5.74) is 0.539. The lowest BCUT2D eigenvalue weighted by molar-refractivity contribution is 0.197. The van der Waals surface area contributed by atoms with Crippen LogP contribution in [0.4, 0.5) is 0 Å². The van der Waals surface area contributed by atoms with Gasteiger partial charge >= 0.3 is 0 Å². The summed E-state index contributed by atoms with van der Waals surface area (Å²) in [6.45, 7) is 9.49. The Morgan fingerprint density at radius 3 is 1.89 bits per heavy atom. The van der Waals surface area contributed by atoms with Gasteiger partial charge in [0.25, 0.3) is 0 Å². The lowest BCUT2D eigenvalue weighted by Crippen LogP contribution is -2.19. The third kappa shape index (κ3) is 7.44. The monoisotopic (exact) mass is 252 g/mol. The number of hydrogen-bond donors (Lipinski definition) is 0. The van der Waals surface area contributed by atoms with E-state index in [-0.39, 0.29) is 0 Å². The number of unbranched alkanes of at least 4 members (excludes halogenated alkanes) is 4. The number of rotatable bonds is 7. The summed E-state index contributed by atoms with van der Waals surface area (Å²) >= 11 is 0. The van der Waals surface area contributed by atoms with Crippen molar-refractivity contribution in [3.8, 4) is 0 Å². The molecule has 1 saturated carbocycles. The second-order valence-electron chi connectivity index (χ2n) is 7.85. The molecule has 0 N–H and O–H groups in total. The second-order valence-corrected chi connectivity index (χ2v) is 7.85. The van der Waals surface area contributed by atoms with Crippen molar-refractivity contribution >= 4 is 0 Å². The Bertz CT molecular complexity index is 191. The largest absolute Gasteiger partial charge is 0.0654 e. The first-order chi connectivity index (χ1) is 8.51. The Balaban J connectivity index is 2.05. The molecule has 108 valence electrons. The molecular formula is C18H36. The van der Waals surface area contributed by atoms with Crippen LogP contribution in [0.2, 0.25) is 0 Å². The summed E-state index contributed by atoms with van der Waals surface area (Å²) in [7, 11) is 0. The third-order valence-corrected chi connectivity index (χ3v) is 4.58. The second kappa shape index (κ2) is 8.23. The van der Waals surface area contributed by atoms with E-state index in [2.05, 4.69) is 27.7 Å². The van der Waals surface area contributed by atoms with Crippen LogP contribution in [0.25, 0.3) is 0 Å². The van der Waals surface area contributed by atoms with Crippen molar-refractivity contribution in [3.05, 3.63) is 0 Å². The maximum Gasteiger partial charge on any atom is -0.0380 e. The zero-order valence-electron chi connectivity index (χ0n) is 13.4. The molecule has 18 heavy (non-hydrogen) atoms. The van der Waals surface area contributed by atoms with Crippen molar-refractivity contribution in [3.63, 3.8) is 0 Å². The molecule has 1 aliphatic carbocycles. The highest BCUT2D eigenvalue weighted by molar-refractivity contribution is 4.76. The van der Waals surface area contributed by atoms with Crippen molar-refractivity contribution in [1.82, 2.24) is 0 Å². The standard InChI is InChI=1S/C18H36/c1-5-6-7-8-9-10-16-11-13-17(14-12-16)15-18(2,3)4/h16-17H,5-15H2,1-4H3. The Morgan fingerprint density at radius 2 is 1.33 bits per heavy atom. The highest BCUT2D eigenvalue weighted by atomic mass is 14.3. The van der Waals surface area contributed by atoms with Crippen LogP contribution in [0, 0.1) is 17.3 Å². The molecule has 0 aliphatic heterocycles. The Labute approximate surface area is 116 Å². The molecule has 0 aromatic heterocycles. The highest BCUT2D eigenvalue weighted by Crippen LogP contribution is 2.37. The van der Waals surface area contributed by atoms with E-state index in [1.165, 1.54) is 70.6 Å². The average molecular weight is 252 g/mol. The van der Waals surface area contributed by atoms with Gasteiger partial charge in [-0.2, -0.15) is 0 Å². The minimum absolute atomic E-state index is 0.539. The fraction of sp³-hybridized carbons (Fsp3) is 1.00. The quantitative estimate of drug-likeness (QED) is 0.448. The van der Waals surface area contributed by atoms with Crippen molar-refractivity contribution in [2.75, 3.05) is 0 Å². The molecule has 0 saturated heterocycles. The molecule has 0 heterocycles. The van der Waals surface area contributed by atoms with Gasteiger partial charge in [-0.1, -0.05) is 91.9 Å². The summed E-state index contributed by atoms with van der Waals surface area (Å²) in [4.78, 5) is 0. The maximum atomic E-state index is 2.40. The summed E-state index contributed by atoms with van der Waals surface area (Å²) in [6.07, 6.45) is 16.3. The normalized spacial score (nSPS) is 25.3. The van der Waals surface area contributed by atoms with Gasteiger partial charge in [0.1, 0.15) is 0 Å². The fourth-order valence-electron chi connectivity index (χ4n) is 3.63. The molecule has 1 rings (SSSR count). The van der Waals surface area contributed by atoms with Crippen molar-refractivity contribution in [1.29, 1.82) is 0 Å². The first kappa shape index (κ1) is 16.1. The molecule has 0 unspecified atom stereocenters. The molecule has 0 aromatic rings. The molecule has 0 aromatic carbocycles. The van der Waals surface area contributed by atoms with Crippen LogP contribution in [0.1, 0.15) is 98.3 Å². The van der Waals surface area contributed by atoms with E-state index in [0.29, 0.717) is 5.41 Å². The zero-order valence-corrected chi connectivity index (χ0v) is 13.4. The van der Waals surface area contributed by atoms with Gasteiger partial charge in [0, 0.05) is 0 Å². The minimum Gasteiger partial charge on any atom is -0.0654 e. The molecule has 0 atom stereocenters. The van der Waals surface area contributed by atoms with Crippen LogP contribution >= 0.6 is 0 Å². The summed E-state index contributed by atoms with van der Waals surface area (Å²) in [5.74, 6) is 2.10. The van der Waals surface area contributed by atoms with Crippen LogP contribution in [0.5, 0.6) is 0 Å². The minimum atomic E-state index is 0.539. The first-order valence-electron chi connectivity index (χ1n) is 8.51. The van der Waals surface area contributed by atoms with E-state index < -0.39 is 0 Å². The van der Waals surface area contributed by atoms with Gasteiger partial charge in [-0.05, 0) is 23.7 Å². The number of hydrogen-bond acceptors (Lipinski definition) is 0. The average Bonchev–Trinajstić information content (AvgIpc) is 2.29. The zero-order chi connectivity index (χ0) is 13.4. The summed E-state index contributed by atoms with van der Waals surface area (Å²) < 4.78 is 0. The molecule has 0 spiro atoms. The van der Waals surface area contributed by atoms with Gasteiger partial charge in [-0.25, -0.2) is 0 Å². The Kier molecular flexibility index (Phi) is 7.34. The first-order valence-corrected chi connectivity index (χ1v) is 8.51. The van der Waals surface area contributed by atoms with Gasteiger partial charge in [-0.3, -0.25) is 0 Å². The fourth-order valence-corrected chi connectivity index (χ4v) is 3.63. The van der Waals surface area contributed by atoms with E-state index in [0.717, 1.165) is 11.8 Å². The van der Waals surface area contributed by atoms with Crippen molar-refractivity contribution in [2.45, 2.75) is 98.3 Å². The van der Waals surface area contributed by atoms with Gasteiger partial charge in [-0.15, -0.1) is 0 Å². The summed E-state index contributed by atoms with van der Waals surface area (Å²) in [6, 6.07) is 0.